The maximum Gasteiger partial charge on any atom is 0.318 e. The van der Waals surface area contributed by atoms with E-state index in [1.165, 1.54) is 0 Å². The first kappa shape index (κ1) is 15.9. The van der Waals surface area contributed by atoms with E-state index in [1.54, 1.807) is 7.11 Å². The summed E-state index contributed by atoms with van der Waals surface area (Å²) in [4.78, 5) is 23.7. The fourth-order valence-electron chi connectivity index (χ4n) is 3.90. The molecule has 0 spiro atoms. The lowest BCUT2D eigenvalue weighted by Crippen LogP contribution is -2.47. The predicted octanol–water partition coefficient (Wildman–Crippen LogP) is 2.77. The topological polar surface area (TPSA) is 67.3 Å². The smallest absolute Gasteiger partial charge is 0.318 e. The first-order valence-corrected chi connectivity index (χ1v) is 8.67. The van der Waals surface area contributed by atoms with Crippen LogP contribution in [0.25, 0.3) is 0 Å². The highest BCUT2D eigenvalue weighted by Crippen LogP contribution is 2.42. The van der Waals surface area contributed by atoms with Crippen LogP contribution < -0.4 is 10.1 Å². The van der Waals surface area contributed by atoms with Crippen LogP contribution in [0, 0.1) is 6.92 Å². The number of carbonyl (C=O) groups is 1. The number of hydrogen-bond acceptors (Lipinski definition) is 4. The highest BCUT2D eigenvalue weighted by atomic mass is 16.5. The number of carbonyl (C=O) groups excluding carboxylic acids is 1. The minimum absolute atomic E-state index is 0.00505. The monoisotopic (exact) mass is 338 g/mol. The molecule has 0 unspecified atom stereocenters. The maximum absolute atomic E-state index is 12.8. The largest absolute Gasteiger partial charge is 0.497 e. The van der Waals surface area contributed by atoms with Gasteiger partial charge in [0, 0.05) is 30.8 Å². The summed E-state index contributed by atoms with van der Waals surface area (Å²) in [6.45, 7) is 2.42. The Kier molecular flexibility index (Phi) is 4.03. The zero-order valence-electron chi connectivity index (χ0n) is 14.5. The van der Waals surface area contributed by atoms with Crippen LogP contribution in [-0.4, -0.2) is 34.1 Å². The van der Waals surface area contributed by atoms with Crippen molar-refractivity contribution >= 4 is 6.03 Å². The number of urea groups is 1. The van der Waals surface area contributed by atoms with Crippen molar-refractivity contribution in [1.29, 1.82) is 0 Å². The molecule has 1 aromatic carbocycles. The third-order valence-electron chi connectivity index (χ3n) is 5.15. The Morgan fingerprint density at radius 1 is 1.32 bits per heavy atom. The summed E-state index contributed by atoms with van der Waals surface area (Å²) in [5.41, 5.74) is 3.27. The van der Waals surface area contributed by atoms with Crippen LogP contribution in [0.4, 0.5) is 4.79 Å². The number of aromatic nitrogens is 2. The number of rotatable bonds is 3. The van der Waals surface area contributed by atoms with Gasteiger partial charge in [-0.05, 0) is 37.5 Å². The molecule has 25 heavy (non-hydrogen) atoms. The molecule has 2 aromatic rings. The lowest BCUT2D eigenvalue weighted by Gasteiger charge is -2.35. The third-order valence-corrected chi connectivity index (χ3v) is 5.15. The molecule has 130 valence electrons. The minimum Gasteiger partial charge on any atom is -0.497 e. The van der Waals surface area contributed by atoms with Crippen LogP contribution in [0.15, 0.2) is 30.5 Å². The molecular formula is C19H22N4O2. The second-order valence-corrected chi connectivity index (χ2v) is 6.68. The molecule has 2 aliphatic rings. The first-order chi connectivity index (χ1) is 12.2. The van der Waals surface area contributed by atoms with E-state index >= 15 is 0 Å². The van der Waals surface area contributed by atoms with E-state index in [2.05, 4.69) is 15.3 Å². The van der Waals surface area contributed by atoms with Crippen molar-refractivity contribution in [3.63, 3.8) is 0 Å². The Morgan fingerprint density at radius 3 is 2.88 bits per heavy atom. The fourth-order valence-corrected chi connectivity index (χ4v) is 3.90. The average Bonchev–Trinajstić information content (AvgIpc) is 2.95. The molecule has 2 aliphatic heterocycles. The van der Waals surface area contributed by atoms with Crippen LogP contribution >= 0.6 is 0 Å². The van der Waals surface area contributed by atoms with Gasteiger partial charge in [0.2, 0.25) is 0 Å². The molecule has 0 saturated carbocycles. The van der Waals surface area contributed by atoms with E-state index in [9.17, 15) is 4.79 Å². The van der Waals surface area contributed by atoms with Crippen molar-refractivity contribution < 1.29 is 9.53 Å². The summed E-state index contributed by atoms with van der Waals surface area (Å²) < 4.78 is 5.16. The molecule has 2 bridgehead atoms. The minimum atomic E-state index is -0.00505. The highest BCUT2D eigenvalue weighted by molar-refractivity contribution is 5.76. The third kappa shape index (κ3) is 2.92. The van der Waals surface area contributed by atoms with Gasteiger partial charge in [-0.15, -0.1) is 0 Å². The number of aryl methyl sites for hydroxylation is 1. The van der Waals surface area contributed by atoms with Gasteiger partial charge in [0.1, 0.15) is 11.6 Å². The number of hydrogen-bond donors (Lipinski definition) is 1. The second kappa shape index (κ2) is 6.35. The molecule has 0 radical (unpaired) electrons. The summed E-state index contributed by atoms with van der Waals surface area (Å²) in [6.07, 6.45) is 4.73. The van der Waals surface area contributed by atoms with Gasteiger partial charge < -0.3 is 15.0 Å². The van der Waals surface area contributed by atoms with E-state index in [0.717, 1.165) is 47.7 Å². The first-order valence-electron chi connectivity index (χ1n) is 8.67. The molecule has 1 saturated heterocycles. The van der Waals surface area contributed by atoms with E-state index in [4.69, 9.17) is 4.74 Å². The average molecular weight is 338 g/mol. The van der Waals surface area contributed by atoms with Crippen molar-refractivity contribution in [3.8, 4) is 5.75 Å². The molecule has 2 atom stereocenters. The molecule has 6 heteroatoms. The summed E-state index contributed by atoms with van der Waals surface area (Å²) in [6, 6.07) is 8.08. The van der Waals surface area contributed by atoms with E-state index in [0.29, 0.717) is 6.54 Å². The number of nitrogens with zero attached hydrogens (tertiary/aromatic N) is 3. The van der Waals surface area contributed by atoms with Crippen molar-refractivity contribution in [2.24, 2.45) is 0 Å². The number of nitrogens with one attached hydrogen (secondary N) is 1. The SMILES string of the molecule is COc1ccc(CNC(=O)N2[C@H]3CC[C@@H]2c2cnc(C)nc2C3)cc1. The Labute approximate surface area is 147 Å². The van der Waals surface area contributed by atoms with Gasteiger partial charge in [0.25, 0.3) is 0 Å². The highest BCUT2D eigenvalue weighted by Gasteiger charge is 2.43. The van der Waals surface area contributed by atoms with Gasteiger partial charge in [-0.1, -0.05) is 12.1 Å². The van der Waals surface area contributed by atoms with Gasteiger partial charge in [0.05, 0.1) is 18.8 Å². The van der Waals surface area contributed by atoms with E-state index < -0.39 is 0 Å². The molecular weight excluding hydrogens is 316 g/mol. The quantitative estimate of drug-likeness (QED) is 0.934. The molecule has 1 aromatic heterocycles. The predicted molar refractivity (Wildman–Crippen MR) is 93.3 cm³/mol. The number of benzene rings is 1. The molecule has 0 aliphatic carbocycles. The van der Waals surface area contributed by atoms with Crippen LogP contribution in [0.2, 0.25) is 0 Å². The molecule has 6 nitrogen and oxygen atoms in total. The molecule has 1 N–H and O–H groups in total. The molecule has 2 amide bonds. The summed E-state index contributed by atoms with van der Waals surface area (Å²) in [7, 11) is 1.64. The fraction of sp³-hybridized carbons (Fsp3) is 0.421. The van der Waals surface area contributed by atoms with Crippen molar-refractivity contribution in [2.75, 3.05) is 7.11 Å². The van der Waals surface area contributed by atoms with Crippen molar-refractivity contribution in [1.82, 2.24) is 20.2 Å². The number of ether oxygens (including phenoxy) is 1. The van der Waals surface area contributed by atoms with Crippen LogP contribution in [0.5, 0.6) is 5.75 Å². The number of methoxy groups -OCH3 is 1. The second-order valence-electron chi connectivity index (χ2n) is 6.68. The molecule has 3 heterocycles. The molecule has 1 fully saturated rings. The van der Waals surface area contributed by atoms with E-state index in [-0.39, 0.29) is 18.1 Å². The number of amides is 2. The van der Waals surface area contributed by atoms with Crippen LogP contribution in [0.1, 0.15) is 41.5 Å². The Bertz CT molecular complexity index is 791. The maximum atomic E-state index is 12.8. The van der Waals surface area contributed by atoms with Gasteiger partial charge in [-0.2, -0.15) is 0 Å². The lowest BCUT2D eigenvalue weighted by atomic mass is 9.99. The van der Waals surface area contributed by atoms with Gasteiger partial charge in [-0.25, -0.2) is 14.8 Å². The summed E-state index contributed by atoms with van der Waals surface area (Å²) >= 11 is 0. The Hall–Kier alpha value is -2.63. The van der Waals surface area contributed by atoms with Crippen LogP contribution in [0.3, 0.4) is 0 Å². The lowest BCUT2D eigenvalue weighted by molar-refractivity contribution is 0.164. The normalized spacial score (nSPS) is 21.0. The van der Waals surface area contributed by atoms with Crippen LogP contribution in [-0.2, 0) is 13.0 Å². The summed E-state index contributed by atoms with van der Waals surface area (Å²) in [5, 5.41) is 3.05. The Morgan fingerprint density at radius 2 is 2.12 bits per heavy atom. The van der Waals surface area contributed by atoms with E-state index in [1.807, 2.05) is 42.3 Å². The van der Waals surface area contributed by atoms with Crippen molar-refractivity contribution in [3.05, 3.63) is 53.1 Å². The van der Waals surface area contributed by atoms with Crippen molar-refractivity contribution in [2.45, 2.75) is 44.8 Å². The Balaban J connectivity index is 1.46. The van der Waals surface area contributed by atoms with Gasteiger partial charge in [-0.3, -0.25) is 0 Å². The van der Waals surface area contributed by atoms with Gasteiger partial charge in [0.15, 0.2) is 0 Å². The standard InChI is InChI=1S/C19H22N4O2/c1-12-20-11-16-17(22-12)9-14-5-8-18(16)23(14)19(24)21-10-13-3-6-15(25-2)7-4-13/h3-4,6-7,11,14,18H,5,8-10H2,1-2H3,(H,21,24)/t14-,18+/m0/s1. The zero-order valence-corrected chi connectivity index (χ0v) is 14.5. The van der Waals surface area contributed by atoms with Gasteiger partial charge >= 0.3 is 6.03 Å². The number of fused-ring (bicyclic) bond motifs is 4. The summed E-state index contributed by atoms with van der Waals surface area (Å²) in [5.74, 6) is 1.62. The zero-order chi connectivity index (χ0) is 17.4. The molecule has 4 rings (SSSR count).